The molecule has 0 aromatic heterocycles. The maximum absolute atomic E-state index is 5.67. The van der Waals surface area contributed by atoms with E-state index in [1.807, 2.05) is 18.2 Å². The zero-order valence-electron chi connectivity index (χ0n) is 23.3. The van der Waals surface area contributed by atoms with E-state index in [9.17, 15) is 0 Å². The Labute approximate surface area is 216 Å². The Morgan fingerprint density at radius 1 is 0.656 bits per heavy atom. The predicted molar refractivity (Wildman–Crippen MR) is 153 cm³/mol. The Hall–Kier alpha value is 0.979. The molecule has 192 valence electrons. The van der Waals surface area contributed by atoms with Crippen LogP contribution in [0.2, 0.25) is 0 Å². The van der Waals surface area contributed by atoms with Crippen LogP contribution >= 0.6 is 25.4 Å². The third kappa shape index (κ3) is 13.8. The first-order valence-electron chi connectivity index (χ1n) is 11.8. The van der Waals surface area contributed by atoms with Crippen molar-refractivity contribution in [2.45, 2.75) is 104 Å². The Balaban J connectivity index is 0.000000995. The minimum absolute atomic E-state index is 0.0172. The summed E-state index contributed by atoms with van der Waals surface area (Å²) in [5.41, 5.74) is 0. The van der Waals surface area contributed by atoms with E-state index in [0.717, 1.165) is 0 Å². The van der Waals surface area contributed by atoms with E-state index in [4.69, 9.17) is 9.58 Å². The number of halogens is 1. The molecule has 0 aliphatic rings. The van der Waals surface area contributed by atoms with Crippen molar-refractivity contribution in [3.63, 3.8) is 0 Å². The van der Waals surface area contributed by atoms with Crippen molar-refractivity contribution >= 4 is 29.5 Å². The minimum atomic E-state index is -0.437. The van der Waals surface area contributed by atoms with Gasteiger partial charge >= 0.3 is 60.7 Å². The first-order chi connectivity index (χ1) is 14.3. The fraction of sp³-hybridized carbons (Fsp3) is 0.778. The molecule has 0 atom stereocenters. The maximum atomic E-state index is 5.67. The molecule has 0 heterocycles. The van der Waals surface area contributed by atoms with Crippen LogP contribution in [0.15, 0.2) is 30.3 Å². The molecule has 0 fully saturated rings. The number of rotatable bonds is 7. The van der Waals surface area contributed by atoms with Gasteiger partial charge in [-0.3, -0.25) is 0 Å². The molecular formula is C27H53ClIrNP2. The molecule has 0 saturated carbocycles. The van der Waals surface area contributed by atoms with E-state index in [-0.39, 0.29) is 15.8 Å². The first-order valence-corrected chi connectivity index (χ1v) is 19.3. The first kappa shape index (κ1) is 33.0. The fourth-order valence-electron chi connectivity index (χ4n) is 4.46. The SMILES string of the molecule is CN(CCP(C(C)(C)C)C(C)(C)C)CCP(C(C)(C)C)C(C)(C)C.[Cl][IrH][c]1ccccc1. The fourth-order valence-corrected chi connectivity index (χ4v) is 13.8. The number of hydrogen-bond donors (Lipinski definition) is 0. The van der Waals surface area contributed by atoms with E-state index in [2.05, 4.69) is 107 Å². The van der Waals surface area contributed by atoms with Gasteiger partial charge in [0.25, 0.3) is 0 Å². The number of nitrogens with zero attached hydrogens (tertiary/aromatic N) is 1. The standard InChI is InChI=1S/C21H47NP2.C6H5.ClH.Ir.H/c1-18(2,3)23(19(4,5)6)16-14-22(13)15-17-24(20(7,8)9)21(10,11)12;1-2-4-6-5-3-1;;;/h14-17H2,1-13H3;1-5H;1H;;/q;;;+1;/p-1. The second-order valence-electron chi connectivity index (χ2n) is 12.6. The molecule has 5 heteroatoms. The molecule has 1 aromatic carbocycles. The van der Waals surface area contributed by atoms with Gasteiger partial charge in [0.2, 0.25) is 0 Å². The van der Waals surface area contributed by atoms with Crippen LogP contribution < -0.4 is 4.08 Å². The average molecular weight is 681 g/mol. The summed E-state index contributed by atoms with van der Waals surface area (Å²) < 4.78 is 1.31. The van der Waals surface area contributed by atoms with Crippen LogP contribution in [0.4, 0.5) is 0 Å². The molecule has 32 heavy (non-hydrogen) atoms. The topological polar surface area (TPSA) is 3.24 Å². The van der Waals surface area contributed by atoms with E-state index in [0.29, 0.717) is 20.6 Å². The van der Waals surface area contributed by atoms with Crippen molar-refractivity contribution in [3.8, 4) is 0 Å². The van der Waals surface area contributed by atoms with Crippen molar-refractivity contribution < 1.29 is 16.7 Å². The Bertz CT molecular complexity index is 560. The van der Waals surface area contributed by atoms with Gasteiger partial charge in [-0.25, -0.2) is 0 Å². The van der Waals surface area contributed by atoms with Crippen LogP contribution in [0, 0.1) is 0 Å². The summed E-state index contributed by atoms with van der Waals surface area (Å²) in [6.45, 7) is 31.7. The second-order valence-corrected chi connectivity index (χ2v) is 23.7. The van der Waals surface area contributed by atoms with Crippen LogP contribution in [0.5, 0.6) is 0 Å². The van der Waals surface area contributed by atoms with Gasteiger partial charge in [-0.1, -0.05) is 98.9 Å². The normalized spacial score (nSPS) is 13.7. The average Bonchev–Trinajstić information content (AvgIpc) is 2.58. The van der Waals surface area contributed by atoms with Gasteiger partial charge in [-0.2, -0.15) is 0 Å². The summed E-state index contributed by atoms with van der Waals surface area (Å²) in [5, 5.41) is 1.77. The number of benzene rings is 1. The molecule has 0 spiro atoms. The molecule has 0 unspecified atom stereocenters. The van der Waals surface area contributed by atoms with Crippen molar-refractivity contribution in [3.05, 3.63) is 30.3 Å². The Morgan fingerprint density at radius 2 is 0.969 bits per heavy atom. The van der Waals surface area contributed by atoms with Crippen LogP contribution in [-0.4, -0.2) is 58.0 Å². The molecule has 0 bridgehead atoms. The Kier molecular flexibility index (Phi) is 14.3. The molecular weight excluding hydrogens is 628 g/mol. The third-order valence-corrected chi connectivity index (χ3v) is 15.9. The van der Waals surface area contributed by atoms with Gasteiger partial charge in [-0.15, -0.1) is 0 Å². The second kappa shape index (κ2) is 13.9. The van der Waals surface area contributed by atoms with Gasteiger partial charge in [0, 0.05) is 13.1 Å². The van der Waals surface area contributed by atoms with Crippen molar-refractivity contribution in [1.82, 2.24) is 4.90 Å². The van der Waals surface area contributed by atoms with E-state index >= 15 is 0 Å². The van der Waals surface area contributed by atoms with Gasteiger partial charge in [0.1, 0.15) is 0 Å². The molecule has 1 nitrogen and oxygen atoms in total. The molecule has 0 saturated heterocycles. The van der Waals surface area contributed by atoms with Crippen LogP contribution in [0.1, 0.15) is 83.1 Å². The monoisotopic (exact) mass is 681 g/mol. The predicted octanol–water partition coefficient (Wildman–Crippen LogP) is 8.36. The van der Waals surface area contributed by atoms with Gasteiger partial charge < -0.3 is 4.90 Å². The summed E-state index contributed by atoms with van der Waals surface area (Å²) in [6, 6.07) is 10.2. The zero-order chi connectivity index (χ0) is 25.4. The zero-order valence-corrected chi connectivity index (χ0v) is 28.4. The molecule has 0 aliphatic carbocycles. The quantitative estimate of drug-likeness (QED) is 0.262. The molecule has 0 N–H and O–H groups in total. The third-order valence-electron chi connectivity index (χ3n) is 5.45. The summed E-state index contributed by atoms with van der Waals surface area (Å²) >= 11 is -0.437. The molecule has 0 amide bonds. The number of hydrogen-bond acceptors (Lipinski definition) is 1. The van der Waals surface area contributed by atoms with Crippen LogP contribution in [-0.2, 0) is 16.7 Å². The van der Waals surface area contributed by atoms with Crippen molar-refractivity contribution in [2.24, 2.45) is 0 Å². The van der Waals surface area contributed by atoms with E-state index < -0.39 is 16.7 Å². The van der Waals surface area contributed by atoms with Gasteiger partial charge in [0.15, 0.2) is 0 Å². The molecule has 0 radical (unpaired) electrons. The summed E-state index contributed by atoms with van der Waals surface area (Å²) in [7, 11) is 8.03. The summed E-state index contributed by atoms with van der Waals surface area (Å²) in [4.78, 5) is 2.60. The van der Waals surface area contributed by atoms with Crippen LogP contribution in [0.3, 0.4) is 0 Å². The molecule has 1 aromatic rings. The molecule has 1 rings (SSSR count). The van der Waals surface area contributed by atoms with Crippen molar-refractivity contribution in [1.29, 1.82) is 0 Å². The van der Waals surface area contributed by atoms with E-state index in [1.165, 1.54) is 29.5 Å². The van der Waals surface area contributed by atoms with Crippen LogP contribution in [0.25, 0.3) is 0 Å². The van der Waals surface area contributed by atoms with Crippen molar-refractivity contribution in [2.75, 3.05) is 32.5 Å². The molecule has 0 aliphatic heterocycles. The van der Waals surface area contributed by atoms with Gasteiger partial charge in [0.05, 0.1) is 0 Å². The summed E-state index contributed by atoms with van der Waals surface area (Å²) in [6.07, 6.45) is 2.73. The summed E-state index contributed by atoms with van der Waals surface area (Å²) in [5.74, 6) is 0. The van der Waals surface area contributed by atoms with E-state index in [1.54, 1.807) is 0 Å². The Morgan fingerprint density at radius 3 is 1.19 bits per heavy atom. The van der Waals surface area contributed by atoms with Gasteiger partial charge in [-0.05, 0) is 40.0 Å².